The predicted molar refractivity (Wildman–Crippen MR) is 114 cm³/mol. The number of rotatable bonds is 6. The minimum atomic E-state index is -3.22. The fourth-order valence-corrected chi connectivity index (χ4v) is 4.16. The van der Waals surface area contributed by atoms with E-state index in [1.54, 1.807) is 18.3 Å². The first kappa shape index (κ1) is 20.8. The van der Waals surface area contributed by atoms with Gasteiger partial charge in [-0.3, -0.25) is 9.88 Å². The molecule has 158 valence electrons. The number of aromatic nitrogens is 4. The Kier molecular flexibility index (Phi) is 6.05. The van der Waals surface area contributed by atoms with Gasteiger partial charge in [-0.1, -0.05) is 0 Å². The lowest BCUT2D eigenvalue weighted by atomic mass is 10.1. The summed E-state index contributed by atoms with van der Waals surface area (Å²) in [4.78, 5) is 7.19. The van der Waals surface area contributed by atoms with Crippen LogP contribution in [0.3, 0.4) is 0 Å². The number of ether oxygens (including phenoxy) is 1. The van der Waals surface area contributed by atoms with Gasteiger partial charge >= 0.3 is 0 Å². The second-order valence-corrected chi connectivity index (χ2v) is 9.42. The first-order valence-corrected chi connectivity index (χ1v) is 11.8. The van der Waals surface area contributed by atoms with E-state index < -0.39 is 10.2 Å². The van der Waals surface area contributed by atoms with Crippen LogP contribution in [0.2, 0.25) is 0 Å². The van der Waals surface area contributed by atoms with E-state index in [-0.39, 0.29) is 0 Å². The maximum atomic E-state index is 11.7. The molecule has 0 spiro atoms. The fourth-order valence-electron chi connectivity index (χ4n) is 3.53. The van der Waals surface area contributed by atoms with Crippen LogP contribution in [0.4, 0.5) is 0 Å². The summed E-state index contributed by atoms with van der Waals surface area (Å²) in [5.74, 6) is 1.58. The summed E-state index contributed by atoms with van der Waals surface area (Å²) in [6.45, 7) is 7.06. The molecule has 1 aromatic carbocycles. The second kappa shape index (κ2) is 8.73. The van der Waals surface area contributed by atoms with E-state index in [1.165, 1.54) is 6.26 Å². The Balaban J connectivity index is 1.57. The highest BCUT2D eigenvalue weighted by atomic mass is 32.3. The molecule has 1 aliphatic rings. The second-order valence-electron chi connectivity index (χ2n) is 7.40. The van der Waals surface area contributed by atoms with Crippen molar-refractivity contribution < 1.29 is 13.5 Å². The Hall–Kier alpha value is -2.46. The summed E-state index contributed by atoms with van der Waals surface area (Å²) in [6, 6.07) is 10.7. The molecule has 0 aliphatic carbocycles. The van der Waals surface area contributed by atoms with Gasteiger partial charge in [-0.2, -0.15) is 0 Å². The van der Waals surface area contributed by atoms with E-state index in [1.807, 2.05) is 31.2 Å². The number of sulfone groups is 1. The van der Waals surface area contributed by atoms with E-state index >= 15 is 0 Å². The standard InChI is InChI=1S/C21H25N5O3S/c1-16-23-24-21(26(16)10-9-25-11-13-29-14-12-25)20-15-18(7-8-22-20)17-3-5-19(6-4-17)30(2,27)28/h3-8,15H,9-14H2,1-2H3. The lowest BCUT2D eigenvalue weighted by molar-refractivity contribution is 0.0364. The predicted octanol–water partition coefficient (Wildman–Crippen LogP) is 2.27. The fraction of sp³-hybridized carbons (Fsp3) is 0.381. The van der Waals surface area contributed by atoms with Gasteiger partial charge < -0.3 is 13.9 Å². The Bertz CT molecular complexity index is 1050. The van der Waals surface area contributed by atoms with Crippen LogP contribution in [0.1, 0.15) is 5.82 Å². The highest BCUT2D eigenvalue weighted by Gasteiger charge is 2.16. The average molecular weight is 428 g/mol. The van der Waals surface area contributed by atoms with Crippen LogP contribution in [-0.2, 0) is 25.7 Å². The van der Waals surface area contributed by atoms with Crippen molar-refractivity contribution in [2.24, 2.45) is 0 Å². The maximum Gasteiger partial charge on any atom is 0.182 e. The molecule has 8 nitrogen and oxygen atoms in total. The van der Waals surface area contributed by atoms with Crippen LogP contribution in [0.15, 0.2) is 47.5 Å². The number of aryl methyl sites for hydroxylation is 1. The largest absolute Gasteiger partial charge is 0.610 e. The Morgan fingerprint density at radius 3 is 2.50 bits per heavy atom. The van der Waals surface area contributed by atoms with Crippen molar-refractivity contribution in [1.82, 2.24) is 24.6 Å². The Labute approximate surface area is 177 Å². The number of morpholine rings is 1. The highest BCUT2D eigenvalue weighted by Crippen LogP contribution is 2.26. The summed E-state index contributed by atoms with van der Waals surface area (Å²) in [7, 11) is -3.22. The lowest BCUT2D eigenvalue weighted by Crippen LogP contribution is -2.38. The molecule has 0 amide bonds. The first-order valence-electron chi connectivity index (χ1n) is 9.88. The maximum absolute atomic E-state index is 11.7. The van der Waals surface area contributed by atoms with Crippen LogP contribution < -0.4 is 0 Å². The normalized spacial score (nSPS) is 17.0. The molecule has 1 unspecified atom stereocenters. The van der Waals surface area contributed by atoms with Gasteiger partial charge in [0.25, 0.3) is 0 Å². The molecule has 0 radical (unpaired) electrons. The zero-order valence-corrected chi connectivity index (χ0v) is 18.0. The highest BCUT2D eigenvalue weighted by molar-refractivity contribution is 7.97. The number of pyridine rings is 1. The third-order valence-electron chi connectivity index (χ3n) is 5.28. The van der Waals surface area contributed by atoms with E-state index in [0.717, 1.165) is 67.9 Å². The van der Waals surface area contributed by atoms with Crippen LogP contribution in [0.25, 0.3) is 22.6 Å². The molecule has 1 saturated heterocycles. The van der Waals surface area contributed by atoms with Gasteiger partial charge in [0, 0.05) is 32.4 Å². The molecule has 3 aromatic rings. The van der Waals surface area contributed by atoms with E-state index in [2.05, 4.69) is 24.6 Å². The topological polar surface area (TPSA) is 96.2 Å². The molecule has 0 bridgehead atoms. The summed E-state index contributed by atoms with van der Waals surface area (Å²) in [5.41, 5.74) is 2.60. The minimum Gasteiger partial charge on any atom is -0.610 e. The summed E-state index contributed by atoms with van der Waals surface area (Å²) in [5, 5.41) is 8.62. The van der Waals surface area contributed by atoms with Crippen molar-refractivity contribution in [2.45, 2.75) is 18.4 Å². The molecule has 1 atom stereocenters. The molecular formula is C21H25N5O3S. The van der Waals surface area contributed by atoms with Gasteiger partial charge in [0.1, 0.15) is 17.8 Å². The van der Waals surface area contributed by atoms with Gasteiger partial charge in [0.2, 0.25) is 0 Å². The Morgan fingerprint density at radius 1 is 1.07 bits per heavy atom. The molecule has 3 heterocycles. The monoisotopic (exact) mass is 427 g/mol. The Morgan fingerprint density at radius 2 is 1.80 bits per heavy atom. The zero-order valence-electron chi connectivity index (χ0n) is 17.2. The molecule has 4 rings (SSSR count). The summed E-state index contributed by atoms with van der Waals surface area (Å²) < 4.78 is 30.9. The molecule has 1 fully saturated rings. The number of hydrogen-bond donors (Lipinski definition) is 0. The van der Waals surface area contributed by atoms with E-state index in [4.69, 9.17) is 4.74 Å². The molecule has 9 heteroatoms. The van der Waals surface area contributed by atoms with Gasteiger partial charge in [0.05, 0.1) is 23.4 Å². The molecule has 1 aliphatic heterocycles. The lowest BCUT2D eigenvalue weighted by Gasteiger charge is -2.26. The van der Waals surface area contributed by atoms with Gasteiger partial charge in [0.15, 0.2) is 10.7 Å². The van der Waals surface area contributed by atoms with Crippen molar-refractivity contribution in [3.63, 3.8) is 0 Å². The van der Waals surface area contributed by atoms with Crippen molar-refractivity contribution in [3.8, 4) is 22.6 Å². The van der Waals surface area contributed by atoms with Crippen molar-refractivity contribution in [2.75, 3.05) is 39.1 Å². The summed E-state index contributed by atoms with van der Waals surface area (Å²) in [6.07, 6.45) is 2.95. The average Bonchev–Trinajstić information content (AvgIpc) is 3.13. The van der Waals surface area contributed by atoms with Crippen molar-refractivity contribution >= 4 is 10.2 Å². The SMILES string of the molecule is Cc1nnc(-c2cc(-c3ccc([S+](C)(=O)[O-])cc3)ccn2)n1CCN1CCOCC1. The van der Waals surface area contributed by atoms with Gasteiger partial charge in [-0.05, 0) is 54.4 Å². The number of nitrogens with zero attached hydrogens (tertiary/aromatic N) is 5. The molecular weight excluding hydrogens is 402 g/mol. The van der Waals surface area contributed by atoms with Crippen LogP contribution in [-0.4, -0.2) is 68.3 Å². The van der Waals surface area contributed by atoms with Crippen LogP contribution in [0, 0.1) is 6.92 Å². The number of hydrogen-bond acceptors (Lipinski definition) is 7. The molecule has 30 heavy (non-hydrogen) atoms. The van der Waals surface area contributed by atoms with Crippen molar-refractivity contribution in [1.29, 1.82) is 0 Å². The quantitative estimate of drug-likeness (QED) is 0.557. The number of benzene rings is 1. The summed E-state index contributed by atoms with van der Waals surface area (Å²) >= 11 is 0. The third-order valence-corrected chi connectivity index (χ3v) is 6.41. The minimum absolute atomic E-state index is 0.305. The smallest absolute Gasteiger partial charge is 0.182 e. The van der Waals surface area contributed by atoms with Crippen LogP contribution >= 0.6 is 0 Å². The van der Waals surface area contributed by atoms with Gasteiger partial charge in [-0.25, -0.2) is 0 Å². The molecule has 0 N–H and O–H groups in total. The molecule has 0 saturated carbocycles. The van der Waals surface area contributed by atoms with E-state index in [9.17, 15) is 8.76 Å². The first-order chi connectivity index (χ1) is 14.4. The van der Waals surface area contributed by atoms with E-state index in [0.29, 0.717) is 4.90 Å². The van der Waals surface area contributed by atoms with Crippen LogP contribution in [0.5, 0.6) is 0 Å². The zero-order chi connectivity index (χ0) is 21.1. The van der Waals surface area contributed by atoms with Gasteiger partial charge in [-0.15, -0.1) is 14.4 Å². The third kappa shape index (κ3) is 4.65. The molecule has 2 aromatic heterocycles. The van der Waals surface area contributed by atoms with Crippen molar-refractivity contribution in [3.05, 3.63) is 48.4 Å².